The standard InChI is InChI=1S/C23H19BrClN3O3/c1-23(21(29)27-19-11-15(25)3-5-20(19)31-23)22(30)28-8-6-13(7-9-28)17-12-26-18-4-2-14(24)10-16(17)18/h2-6,10-12,26H,7-9H2,1H3,(H,27,29). The lowest BCUT2D eigenvalue weighted by Gasteiger charge is -2.38. The predicted octanol–water partition coefficient (Wildman–Crippen LogP) is 4.99. The van der Waals surface area contributed by atoms with E-state index >= 15 is 0 Å². The Kier molecular flexibility index (Phi) is 4.83. The summed E-state index contributed by atoms with van der Waals surface area (Å²) in [6.07, 6.45) is 4.74. The molecule has 158 valence electrons. The van der Waals surface area contributed by atoms with Crippen LogP contribution in [0.1, 0.15) is 18.9 Å². The summed E-state index contributed by atoms with van der Waals surface area (Å²) in [5, 5.41) is 4.37. The number of hydrogen-bond donors (Lipinski definition) is 2. The molecule has 6 nitrogen and oxygen atoms in total. The van der Waals surface area contributed by atoms with E-state index in [2.05, 4.69) is 32.3 Å². The van der Waals surface area contributed by atoms with Gasteiger partial charge in [-0.25, -0.2) is 0 Å². The highest BCUT2D eigenvalue weighted by Gasteiger charge is 2.49. The van der Waals surface area contributed by atoms with E-state index in [1.807, 2.05) is 24.4 Å². The molecule has 3 aromatic rings. The van der Waals surface area contributed by atoms with E-state index in [1.54, 1.807) is 23.1 Å². The molecule has 0 radical (unpaired) electrons. The van der Waals surface area contributed by atoms with E-state index in [-0.39, 0.29) is 5.91 Å². The molecule has 1 unspecified atom stereocenters. The smallest absolute Gasteiger partial charge is 0.278 e. The van der Waals surface area contributed by atoms with Crippen molar-refractivity contribution in [3.63, 3.8) is 0 Å². The predicted molar refractivity (Wildman–Crippen MR) is 124 cm³/mol. The number of carbonyl (C=O) groups excluding carboxylic acids is 2. The van der Waals surface area contributed by atoms with Gasteiger partial charge in [0.1, 0.15) is 5.75 Å². The molecule has 3 heterocycles. The molecule has 8 heteroatoms. The Morgan fingerprint density at radius 2 is 2.10 bits per heavy atom. The molecule has 2 aliphatic rings. The second kappa shape index (κ2) is 7.43. The summed E-state index contributed by atoms with van der Waals surface area (Å²) < 4.78 is 6.90. The molecule has 2 aliphatic heterocycles. The van der Waals surface area contributed by atoms with Crippen molar-refractivity contribution in [2.24, 2.45) is 0 Å². The number of rotatable bonds is 2. The van der Waals surface area contributed by atoms with Crippen LogP contribution in [0.25, 0.3) is 16.5 Å². The van der Waals surface area contributed by atoms with Gasteiger partial charge < -0.3 is 19.9 Å². The summed E-state index contributed by atoms with van der Waals surface area (Å²) in [6.45, 7) is 2.43. The normalized spacial score (nSPS) is 20.7. The highest BCUT2D eigenvalue weighted by molar-refractivity contribution is 9.10. The van der Waals surface area contributed by atoms with Crippen molar-refractivity contribution in [1.82, 2.24) is 9.88 Å². The topological polar surface area (TPSA) is 74.4 Å². The van der Waals surface area contributed by atoms with Gasteiger partial charge in [0, 0.05) is 45.2 Å². The Hall–Kier alpha value is -2.77. The molecule has 0 aliphatic carbocycles. The largest absolute Gasteiger partial charge is 0.466 e. The monoisotopic (exact) mass is 499 g/mol. The van der Waals surface area contributed by atoms with Crippen LogP contribution in [0.15, 0.2) is 53.1 Å². The molecule has 5 rings (SSSR count). The van der Waals surface area contributed by atoms with Gasteiger partial charge in [0.25, 0.3) is 17.4 Å². The molecular formula is C23H19BrClN3O3. The van der Waals surface area contributed by atoms with E-state index in [4.69, 9.17) is 16.3 Å². The van der Waals surface area contributed by atoms with Gasteiger partial charge in [-0.3, -0.25) is 9.59 Å². The molecule has 0 bridgehead atoms. The van der Waals surface area contributed by atoms with Crippen molar-refractivity contribution in [1.29, 1.82) is 0 Å². The summed E-state index contributed by atoms with van der Waals surface area (Å²) in [6, 6.07) is 11.1. The van der Waals surface area contributed by atoms with E-state index in [1.165, 1.54) is 12.5 Å². The molecule has 0 spiro atoms. The summed E-state index contributed by atoms with van der Waals surface area (Å²) >= 11 is 9.52. The van der Waals surface area contributed by atoms with Crippen LogP contribution in [0.5, 0.6) is 5.75 Å². The Labute approximate surface area is 192 Å². The fourth-order valence-electron chi connectivity index (χ4n) is 4.10. The average molecular weight is 501 g/mol. The zero-order chi connectivity index (χ0) is 21.8. The number of ether oxygens (including phenoxy) is 1. The van der Waals surface area contributed by atoms with Gasteiger partial charge in [0.15, 0.2) is 0 Å². The summed E-state index contributed by atoms with van der Waals surface area (Å²) in [5.74, 6) is -0.427. The molecule has 1 aromatic heterocycles. The number of carbonyl (C=O) groups is 2. The fourth-order valence-corrected chi connectivity index (χ4v) is 4.63. The maximum atomic E-state index is 13.3. The third kappa shape index (κ3) is 3.42. The molecule has 0 saturated heterocycles. The van der Waals surface area contributed by atoms with Crippen LogP contribution in [-0.4, -0.2) is 40.4 Å². The second-order valence-electron chi connectivity index (χ2n) is 7.85. The number of aromatic nitrogens is 1. The van der Waals surface area contributed by atoms with Gasteiger partial charge in [-0.2, -0.15) is 0 Å². The highest BCUT2D eigenvalue weighted by atomic mass is 79.9. The van der Waals surface area contributed by atoms with Crippen molar-refractivity contribution in [3.05, 3.63) is 63.7 Å². The Morgan fingerprint density at radius 1 is 1.26 bits per heavy atom. The van der Waals surface area contributed by atoms with Crippen molar-refractivity contribution in [2.75, 3.05) is 18.4 Å². The first-order valence-electron chi connectivity index (χ1n) is 9.90. The second-order valence-corrected chi connectivity index (χ2v) is 9.20. The quantitative estimate of drug-likeness (QED) is 0.487. The number of aromatic amines is 1. The third-order valence-electron chi connectivity index (χ3n) is 5.83. The summed E-state index contributed by atoms with van der Waals surface area (Å²) in [4.78, 5) is 31.0. The number of hydrogen-bond acceptors (Lipinski definition) is 3. The highest BCUT2D eigenvalue weighted by Crippen LogP contribution is 2.37. The molecule has 2 aromatic carbocycles. The number of halogens is 2. The number of nitrogens with one attached hydrogen (secondary N) is 2. The van der Waals surface area contributed by atoms with E-state index in [9.17, 15) is 9.59 Å². The van der Waals surface area contributed by atoms with Gasteiger partial charge in [-0.1, -0.05) is 33.6 Å². The van der Waals surface area contributed by atoms with Crippen LogP contribution in [0.3, 0.4) is 0 Å². The fraction of sp³-hybridized carbons (Fsp3) is 0.217. The number of amides is 2. The van der Waals surface area contributed by atoms with Crippen molar-refractivity contribution in [2.45, 2.75) is 18.9 Å². The molecule has 2 amide bonds. The van der Waals surface area contributed by atoms with Crippen LogP contribution in [0.2, 0.25) is 5.02 Å². The van der Waals surface area contributed by atoms with Crippen LogP contribution in [0, 0.1) is 0 Å². The maximum absolute atomic E-state index is 13.3. The molecule has 1 atom stereocenters. The molecule has 31 heavy (non-hydrogen) atoms. The number of H-pyrrole nitrogens is 1. The number of benzene rings is 2. The van der Waals surface area contributed by atoms with Crippen molar-refractivity contribution < 1.29 is 14.3 Å². The minimum Gasteiger partial charge on any atom is -0.466 e. The molecule has 0 saturated carbocycles. The number of nitrogens with zero attached hydrogens (tertiary/aromatic N) is 1. The number of fused-ring (bicyclic) bond motifs is 2. The third-order valence-corrected chi connectivity index (χ3v) is 6.56. The lowest BCUT2D eigenvalue weighted by atomic mass is 9.96. The molecule has 2 N–H and O–H groups in total. The zero-order valence-corrected chi connectivity index (χ0v) is 19.0. The maximum Gasteiger partial charge on any atom is 0.278 e. The van der Waals surface area contributed by atoms with Crippen LogP contribution in [0.4, 0.5) is 5.69 Å². The van der Waals surface area contributed by atoms with Gasteiger partial charge in [0.05, 0.1) is 5.69 Å². The van der Waals surface area contributed by atoms with Crippen LogP contribution in [-0.2, 0) is 9.59 Å². The Bertz CT molecular complexity index is 1270. The lowest BCUT2D eigenvalue weighted by molar-refractivity contribution is -0.154. The Balaban J connectivity index is 1.38. The molecule has 0 fully saturated rings. The average Bonchev–Trinajstić information content (AvgIpc) is 3.17. The minimum absolute atomic E-state index is 0.359. The lowest BCUT2D eigenvalue weighted by Crippen LogP contribution is -2.60. The van der Waals surface area contributed by atoms with E-state index in [0.29, 0.717) is 36.0 Å². The van der Waals surface area contributed by atoms with Crippen molar-refractivity contribution >= 4 is 61.5 Å². The summed E-state index contributed by atoms with van der Waals surface area (Å²) in [7, 11) is 0. The minimum atomic E-state index is -1.63. The van der Waals surface area contributed by atoms with Gasteiger partial charge in [-0.05, 0) is 55.3 Å². The van der Waals surface area contributed by atoms with Crippen molar-refractivity contribution in [3.8, 4) is 5.75 Å². The van der Waals surface area contributed by atoms with E-state index < -0.39 is 11.5 Å². The first-order valence-corrected chi connectivity index (χ1v) is 11.1. The zero-order valence-electron chi connectivity index (χ0n) is 16.7. The first-order chi connectivity index (χ1) is 14.8. The van der Waals surface area contributed by atoms with Gasteiger partial charge in [0.2, 0.25) is 0 Å². The SMILES string of the molecule is CC1(C(=O)N2CC=C(c3c[nH]c4ccc(Br)cc34)CC2)Oc2ccc(Cl)cc2NC1=O. The number of anilines is 1. The first kappa shape index (κ1) is 20.2. The molecular weight excluding hydrogens is 482 g/mol. The van der Waals surface area contributed by atoms with Gasteiger partial charge >= 0.3 is 0 Å². The van der Waals surface area contributed by atoms with Crippen LogP contribution < -0.4 is 10.1 Å². The van der Waals surface area contributed by atoms with E-state index in [0.717, 1.165) is 20.9 Å². The summed E-state index contributed by atoms with van der Waals surface area (Å²) in [5.41, 5.74) is 2.21. The van der Waals surface area contributed by atoms with Gasteiger partial charge in [-0.15, -0.1) is 0 Å². The Morgan fingerprint density at radius 3 is 2.87 bits per heavy atom. The van der Waals surface area contributed by atoms with Crippen LogP contribution >= 0.6 is 27.5 Å².